The largest absolute Gasteiger partial charge is 0.494 e. The number of ether oxygens (including phenoxy) is 1. The molecule has 25 heavy (non-hydrogen) atoms. The molecule has 130 valence electrons. The van der Waals surface area contributed by atoms with Crippen LogP contribution in [0.15, 0.2) is 54.6 Å². The molecule has 0 saturated carbocycles. The molecule has 0 atom stereocenters. The van der Waals surface area contributed by atoms with Gasteiger partial charge in [-0.05, 0) is 57.4 Å². The van der Waals surface area contributed by atoms with Crippen LogP contribution in [0.1, 0.15) is 27.7 Å². The van der Waals surface area contributed by atoms with Gasteiger partial charge in [0.05, 0.1) is 11.2 Å². The number of carbonyl (C=O) groups is 1. The van der Waals surface area contributed by atoms with Crippen molar-refractivity contribution < 1.29 is 18.8 Å². The fourth-order valence-corrected chi connectivity index (χ4v) is 2.44. The Kier molecular flexibility index (Phi) is 4.58. The van der Waals surface area contributed by atoms with E-state index < -0.39 is 13.2 Å². The summed E-state index contributed by atoms with van der Waals surface area (Å²) >= 11 is 0. The maximum atomic E-state index is 11.9. The molecule has 0 radical (unpaired) electrons. The van der Waals surface area contributed by atoms with Gasteiger partial charge in [0, 0.05) is 5.69 Å². The topological polar surface area (TPSA) is 56.8 Å². The highest BCUT2D eigenvalue weighted by atomic mass is 16.7. The number of nitrogens with one attached hydrogen (secondary N) is 1. The van der Waals surface area contributed by atoms with Crippen LogP contribution in [0.5, 0.6) is 5.75 Å². The average Bonchev–Trinajstić information content (AvgIpc) is 2.77. The van der Waals surface area contributed by atoms with Crippen LogP contribution in [0.2, 0.25) is 0 Å². The molecule has 1 fully saturated rings. The monoisotopic (exact) mass is 339 g/mol. The number of rotatable bonds is 3. The summed E-state index contributed by atoms with van der Waals surface area (Å²) in [4.78, 5) is 11.9. The molecule has 0 unspecified atom stereocenters. The number of para-hydroxylation sites is 1. The number of hydrogen-bond acceptors (Lipinski definition) is 4. The molecule has 5 nitrogen and oxygen atoms in total. The second-order valence-electron chi connectivity index (χ2n) is 7.04. The van der Waals surface area contributed by atoms with E-state index in [4.69, 9.17) is 14.0 Å². The summed E-state index contributed by atoms with van der Waals surface area (Å²) in [5, 5.41) is 2.70. The van der Waals surface area contributed by atoms with Gasteiger partial charge in [0.1, 0.15) is 5.75 Å². The molecular formula is C19H22BNO4. The first-order valence-corrected chi connectivity index (χ1v) is 8.26. The lowest BCUT2D eigenvalue weighted by molar-refractivity contribution is 0.00578. The SMILES string of the molecule is CC1(C)OB(c2ccc(NC(=O)Oc3ccccc3)cc2)OC1(C)C. The molecule has 3 rings (SSSR count). The van der Waals surface area contributed by atoms with E-state index >= 15 is 0 Å². The molecule has 2 aromatic rings. The van der Waals surface area contributed by atoms with Gasteiger partial charge in [-0.2, -0.15) is 0 Å². The Balaban J connectivity index is 1.62. The highest BCUT2D eigenvalue weighted by Crippen LogP contribution is 2.36. The zero-order valence-corrected chi connectivity index (χ0v) is 14.9. The zero-order chi connectivity index (χ0) is 18.1. The first kappa shape index (κ1) is 17.5. The van der Waals surface area contributed by atoms with E-state index in [2.05, 4.69) is 5.32 Å². The molecule has 1 aliphatic rings. The Labute approximate surface area is 148 Å². The minimum Gasteiger partial charge on any atom is -0.410 e. The van der Waals surface area contributed by atoms with Gasteiger partial charge in [-0.25, -0.2) is 4.79 Å². The number of carbonyl (C=O) groups excluding carboxylic acids is 1. The normalized spacial score (nSPS) is 18.0. The zero-order valence-electron chi connectivity index (χ0n) is 14.9. The summed E-state index contributed by atoms with van der Waals surface area (Å²) in [7, 11) is -0.421. The highest BCUT2D eigenvalue weighted by Gasteiger charge is 2.51. The summed E-state index contributed by atoms with van der Waals surface area (Å²) in [6.07, 6.45) is -0.533. The van der Waals surface area contributed by atoms with Crippen molar-refractivity contribution in [2.45, 2.75) is 38.9 Å². The van der Waals surface area contributed by atoms with Crippen molar-refractivity contribution in [1.29, 1.82) is 0 Å². The molecule has 1 amide bonds. The van der Waals surface area contributed by atoms with Gasteiger partial charge >= 0.3 is 13.2 Å². The minimum absolute atomic E-state index is 0.381. The fourth-order valence-electron chi connectivity index (χ4n) is 2.44. The van der Waals surface area contributed by atoms with Crippen molar-refractivity contribution in [2.24, 2.45) is 0 Å². The van der Waals surface area contributed by atoms with Crippen molar-refractivity contribution >= 4 is 24.4 Å². The van der Waals surface area contributed by atoms with Gasteiger partial charge in [-0.15, -0.1) is 0 Å². The van der Waals surface area contributed by atoms with Gasteiger partial charge in [-0.1, -0.05) is 30.3 Å². The second-order valence-corrected chi connectivity index (χ2v) is 7.04. The van der Waals surface area contributed by atoms with Crippen LogP contribution in [-0.2, 0) is 9.31 Å². The smallest absolute Gasteiger partial charge is 0.410 e. The molecule has 0 aliphatic carbocycles. The summed E-state index contributed by atoms with van der Waals surface area (Å²) in [6.45, 7) is 8.07. The Morgan fingerprint density at radius 2 is 1.48 bits per heavy atom. The van der Waals surface area contributed by atoms with Crippen LogP contribution in [0.3, 0.4) is 0 Å². The van der Waals surface area contributed by atoms with E-state index in [0.717, 1.165) is 5.46 Å². The maximum absolute atomic E-state index is 11.9. The van der Waals surface area contributed by atoms with Gasteiger partial charge in [-0.3, -0.25) is 5.32 Å². The molecule has 1 aliphatic heterocycles. The molecule has 6 heteroatoms. The van der Waals surface area contributed by atoms with Gasteiger partial charge < -0.3 is 14.0 Å². The van der Waals surface area contributed by atoms with Crippen molar-refractivity contribution in [2.75, 3.05) is 5.32 Å². The Morgan fingerprint density at radius 1 is 0.920 bits per heavy atom. The number of anilines is 1. The highest BCUT2D eigenvalue weighted by molar-refractivity contribution is 6.62. The Bertz CT molecular complexity index is 728. The maximum Gasteiger partial charge on any atom is 0.494 e. The van der Waals surface area contributed by atoms with Crippen molar-refractivity contribution in [3.8, 4) is 5.75 Å². The molecule has 0 bridgehead atoms. The molecule has 0 aromatic heterocycles. The van der Waals surface area contributed by atoms with E-state index in [-0.39, 0.29) is 11.2 Å². The summed E-state index contributed by atoms with van der Waals surface area (Å²) in [5.74, 6) is 0.494. The van der Waals surface area contributed by atoms with Crippen LogP contribution in [0.25, 0.3) is 0 Å². The summed E-state index contributed by atoms with van der Waals surface area (Å²) in [5.41, 5.74) is 0.782. The van der Waals surface area contributed by atoms with Crippen LogP contribution >= 0.6 is 0 Å². The number of amides is 1. The van der Waals surface area contributed by atoms with Crippen LogP contribution < -0.4 is 15.5 Å². The molecule has 1 N–H and O–H groups in total. The standard InChI is InChI=1S/C19H22BNO4/c1-18(2)19(3,4)25-20(24-18)14-10-12-15(13-11-14)21-17(22)23-16-8-6-5-7-9-16/h5-13H,1-4H3,(H,21,22). The third-order valence-electron chi connectivity index (χ3n) is 4.64. The Morgan fingerprint density at radius 3 is 2.04 bits per heavy atom. The van der Waals surface area contributed by atoms with Crippen LogP contribution in [0.4, 0.5) is 10.5 Å². The van der Waals surface area contributed by atoms with E-state index in [1.165, 1.54) is 0 Å². The van der Waals surface area contributed by atoms with Crippen molar-refractivity contribution in [3.05, 3.63) is 54.6 Å². The first-order chi connectivity index (χ1) is 11.8. The van der Waals surface area contributed by atoms with Gasteiger partial charge in [0.15, 0.2) is 0 Å². The van der Waals surface area contributed by atoms with Gasteiger partial charge in [0.25, 0.3) is 0 Å². The Hall–Kier alpha value is -2.31. The first-order valence-electron chi connectivity index (χ1n) is 8.26. The lowest BCUT2D eigenvalue weighted by Gasteiger charge is -2.32. The molecule has 2 aromatic carbocycles. The minimum atomic E-state index is -0.533. The molecule has 0 spiro atoms. The van der Waals surface area contributed by atoms with E-state index in [9.17, 15) is 4.79 Å². The van der Waals surface area contributed by atoms with Crippen LogP contribution in [0, 0.1) is 0 Å². The number of benzene rings is 2. The van der Waals surface area contributed by atoms with Crippen LogP contribution in [-0.4, -0.2) is 24.4 Å². The third kappa shape index (κ3) is 3.86. The average molecular weight is 339 g/mol. The van der Waals surface area contributed by atoms with E-state index in [1.54, 1.807) is 24.3 Å². The van der Waals surface area contributed by atoms with E-state index in [0.29, 0.717) is 11.4 Å². The molecular weight excluding hydrogens is 317 g/mol. The fraction of sp³-hybridized carbons (Fsp3) is 0.316. The van der Waals surface area contributed by atoms with Crippen molar-refractivity contribution in [3.63, 3.8) is 0 Å². The number of hydrogen-bond donors (Lipinski definition) is 1. The quantitative estimate of drug-likeness (QED) is 0.868. The lowest BCUT2D eigenvalue weighted by Crippen LogP contribution is -2.41. The molecule has 1 heterocycles. The second kappa shape index (κ2) is 6.54. The predicted octanol–water partition coefficient (Wildman–Crippen LogP) is 3.60. The summed E-state index contributed by atoms with van der Waals surface area (Å²) < 4.78 is 17.2. The van der Waals surface area contributed by atoms with Crippen molar-refractivity contribution in [1.82, 2.24) is 0 Å². The summed E-state index contributed by atoms with van der Waals surface area (Å²) in [6, 6.07) is 16.3. The predicted molar refractivity (Wildman–Crippen MR) is 98.2 cm³/mol. The third-order valence-corrected chi connectivity index (χ3v) is 4.64. The van der Waals surface area contributed by atoms with Gasteiger partial charge in [0.2, 0.25) is 0 Å². The van der Waals surface area contributed by atoms with E-state index in [1.807, 2.05) is 58.0 Å². The molecule has 1 saturated heterocycles. The lowest BCUT2D eigenvalue weighted by atomic mass is 9.79.